The van der Waals surface area contributed by atoms with Crippen LogP contribution in [0.2, 0.25) is 0 Å². The Morgan fingerprint density at radius 3 is 2.62 bits per heavy atom. The zero-order valence-electron chi connectivity index (χ0n) is 17.5. The number of nitrogens with one attached hydrogen (secondary N) is 1. The lowest BCUT2D eigenvalue weighted by Crippen LogP contribution is -2.22. The van der Waals surface area contributed by atoms with E-state index in [-0.39, 0.29) is 33.8 Å². The molecule has 4 rings (SSSR count). The molecule has 1 amide bonds. The molecule has 1 aliphatic rings. The fourth-order valence-corrected chi connectivity index (χ4v) is 4.10. The first kappa shape index (κ1) is 23.5. The fourth-order valence-electron chi connectivity index (χ4n) is 3.54. The van der Waals surface area contributed by atoms with Crippen molar-refractivity contribution in [1.82, 2.24) is 10.2 Å². The van der Waals surface area contributed by atoms with Crippen molar-refractivity contribution < 1.29 is 27.3 Å². The number of carbonyl (C=O) groups is 1. The second-order valence-electron chi connectivity index (χ2n) is 7.41. The Morgan fingerprint density at radius 2 is 1.91 bits per heavy atom. The first-order chi connectivity index (χ1) is 16.2. The van der Waals surface area contributed by atoms with Crippen molar-refractivity contribution in [2.24, 2.45) is 0 Å². The number of nitro groups is 1. The summed E-state index contributed by atoms with van der Waals surface area (Å²) in [5, 5.41) is 21.5. The monoisotopic (exact) mass is 493 g/mol. The predicted octanol–water partition coefficient (Wildman–Crippen LogP) is 4.99. The SMILES string of the molecule is O=C(CSc1nnc(-c2ccccc2[N+](=O)[O-])o1)Nc1ccc(C(F)(F)F)cc1N1CCCC1. The van der Waals surface area contributed by atoms with Crippen molar-refractivity contribution in [1.29, 1.82) is 0 Å². The van der Waals surface area contributed by atoms with Gasteiger partial charge in [0, 0.05) is 19.2 Å². The molecule has 1 aliphatic heterocycles. The van der Waals surface area contributed by atoms with E-state index in [9.17, 15) is 28.1 Å². The largest absolute Gasteiger partial charge is 0.416 e. The summed E-state index contributed by atoms with van der Waals surface area (Å²) in [5.41, 5.74) is -0.225. The molecule has 0 saturated carbocycles. The van der Waals surface area contributed by atoms with Crippen molar-refractivity contribution in [2.75, 3.05) is 29.1 Å². The number of para-hydroxylation sites is 1. The maximum Gasteiger partial charge on any atom is 0.416 e. The molecule has 3 aromatic rings. The number of amides is 1. The topological polar surface area (TPSA) is 114 Å². The van der Waals surface area contributed by atoms with Crippen LogP contribution in [0.15, 0.2) is 52.1 Å². The quantitative estimate of drug-likeness (QED) is 0.278. The van der Waals surface area contributed by atoms with Gasteiger partial charge in [-0.05, 0) is 37.1 Å². The van der Waals surface area contributed by atoms with Gasteiger partial charge in [-0.3, -0.25) is 14.9 Å². The Morgan fingerprint density at radius 1 is 1.18 bits per heavy atom. The van der Waals surface area contributed by atoms with Crippen molar-refractivity contribution in [3.05, 3.63) is 58.1 Å². The van der Waals surface area contributed by atoms with Crippen molar-refractivity contribution in [3.63, 3.8) is 0 Å². The highest BCUT2D eigenvalue weighted by Gasteiger charge is 2.32. The number of nitro benzene ring substituents is 1. The van der Waals surface area contributed by atoms with Gasteiger partial charge in [-0.2, -0.15) is 13.2 Å². The van der Waals surface area contributed by atoms with E-state index in [0.717, 1.165) is 36.7 Å². The Labute approximate surface area is 195 Å². The normalized spacial score (nSPS) is 13.8. The van der Waals surface area contributed by atoms with E-state index in [0.29, 0.717) is 18.8 Å². The highest BCUT2D eigenvalue weighted by molar-refractivity contribution is 7.99. The summed E-state index contributed by atoms with van der Waals surface area (Å²) in [4.78, 5) is 24.9. The lowest BCUT2D eigenvalue weighted by molar-refractivity contribution is -0.384. The molecule has 1 saturated heterocycles. The van der Waals surface area contributed by atoms with Crippen LogP contribution in [0.25, 0.3) is 11.5 Å². The molecule has 0 bridgehead atoms. The van der Waals surface area contributed by atoms with Gasteiger partial charge in [0.1, 0.15) is 5.56 Å². The molecule has 0 atom stereocenters. The lowest BCUT2D eigenvalue weighted by atomic mass is 10.1. The predicted molar refractivity (Wildman–Crippen MR) is 119 cm³/mol. The second-order valence-corrected chi connectivity index (χ2v) is 8.33. The molecule has 1 aromatic heterocycles. The van der Waals surface area contributed by atoms with E-state index >= 15 is 0 Å². The molecule has 0 radical (unpaired) electrons. The third-order valence-corrected chi connectivity index (χ3v) is 5.93. The van der Waals surface area contributed by atoms with E-state index in [1.807, 2.05) is 4.90 Å². The summed E-state index contributed by atoms with van der Waals surface area (Å²) in [6, 6.07) is 9.10. The number of thioether (sulfide) groups is 1. The number of alkyl halides is 3. The van der Waals surface area contributed by atoms with Crippen LogP contribution in [-0.2, 0) is 11.0 Å². The molecular formula is C21H18F3N5O4S. The third kappa shape index (κ3) is 5.30. The molecule has 1 N–H and O–H groups in total. The number of anilines is 2. The van der Waals surface area contributed by atoms with E-state index in [1.54, 1.807) is 6.07 Å². The van der Waals surface area contributed by atoms with Crippen molar-refractivity contribution in [3.8, 4) is 11.5 Å². The molecular weight excluding hydrogens is 475 g/mol. The van der Waals surface area contributed by atoms with Gasteiger partial charge in [-0.15, -0.1) is 10.2 Å². The van der Waals surface area contributed by atoms with Crippen LogP contribution in [0.3, 0.4) is 0 Å². The van der Waals surface area contributed by atoms with E-state index in [4.69, 9.17) is 4.42 Å². The van der Waals surface area contributed by atoms with Crippen LogP contribution in [0.4, 0.5) is 30.2 Å². The minimum Gasteiger partial charge on any atom is -0.411 e. The van der Waals surface area contributed by atoms with Gasteiger partial charge in [0.05, 0.1) is 27.6 Å². The number of aromatic nitrogens is 2. The number of benzene rings is 2. The standard InChI is InChI=1S/C21H18F3N5O4S/c22-21(23,24)13-7-8-15(17(11-13)28-9-3-4-10-28)25-18(30)12-34-20-27-26-19(33-20)14-5-1-2-6-16(14)29(31)32/h1-2,5-8,11H,3-4,9-10,12H2,(H,25,30). The maximum atomic E-state index is 13.2. The smallest absolute Gasteiger partial charge is 0.411 e. The van der Waals surface area contributed by atoms with E-state index < -0.39 is 22.6 Å². The zero-order valence-corrected chi connectivity index (χ0v) is 18.4. The number of halogens is 3. The van der Waals surface area contributed by atoms with E-state index in [2.05, 4.69) is 15.5 Å². The van der Waals surface area contributed by atoms with Crippen LogP contribution in [-0.4, -0.2) is 39.9 Å². The van der Waals surface area contributed by atoms with E-state index in [1.165, 1.54) is 24.3 Å². The molecule has 1 fully saturated rings. The van der Waals surface area contributed by atoms with Gasteiger partial charge in [-0.25, -0.2) is 0 Å². The minimum absolute atomic E-state index is 0.0236. The fraction of sp³-hybridized carbons (Fsp3) is 0.286. The van der Waals surface area contributed by atoms with Gasteiger partial charge in [0.25, 0.3) is 16.8 Å². The number of carbonyl (C=O) groups excluding carboxylic acids is 1. The minimum atomic E-state index is -4.49. The molecule has 34 heavy (non-hydrogen) atoms. The van der Waals surface area contributed by atoms with Gasteiger partial charge < -0.3 is 14.6 Å². The van der Waals surface area contributed by atoms with Crippen LogP contribution in [0, 0.1) is 10.1 Å². The lowest BCUT2D eigenvalue weighted by Gasteiger charge is -2.23. The molecule has 2 aromatic carbocycles. The molecule has 13 heteroatoms. The summed E-state index contributed by atoms with van der Waals surface area (Å²) in [6.07, 6.45) is -2.77. The van der Waals surface area contributed by atoms with Gasteiger partial charge in [0.2, 0.25) is 5.91 Å². The van der Waals surface area contributed by atoms with Crippen molar-refractivity contribution >= 4 is 34.7 Å². The highest BCUT2D eigenvalue weighted by atomic mass is 32.2. The summed E-state index contributed by atoms with van der Waals surface area (Å²) in [5.74, 6) is -0.691. The molecule has 0 spiro atoms. The number of hydrogen-bond donors (Lipinski definition) is 1. The Bertz CT molecular complexity index is 1210. The van der Waals surface area contributed by atoms with Crippen LogP contribution < -0.4 is 10.2 Å². The summed E-state index contributed by atoms with van der Waals surface area (Å²) < 4.78 is 45.0. The van der Waals surface area contributed by atoms with Gasteiger partial charge in [0.15, 0.2) is 0 Å². The Balaban J connectivity index is 1.45. The second kappa shape index (κ2) is 9.71. The highest BCUT2D eigenvalue weighted by Crippen LogP contribution is 2.37. The van der Waals surface area contributed by atoms with Gasteiger partial charge >= 0.3 is 6.18 Å². The summed E-state index contributed by atoms with van der Waals surface area (Å²) >= 11 is 0.907. The average molecular weight is 493 g/mol. The maximum absolute atomic E-state index is 13.2. The molecule has 0 aliphatic carbocycles. The Kier molecular flexibility index (Phi) is 6.72. The molecule has 2 heterocycles. The van der Waals surface area contributed by atoms with Crippen LogP contribution in [0.1, 0.15) is 18.4 Å². The number of hydrogen-bond acceptors (Lipinski definition) is 8. The average Bonchev–Trinajstić information content (AvgIpc) is 3.50. The number of rotatable bonds is 7. The zero-order chi connectivity index (χ0) is 24.3. The third-order valence-electron chi connectivity index (χ3n) is 5.11. The first-order valence-electron chi connectivity index (χ1n) is 10.2. The molecule has 9 nitrogen and oxygen atoms in total. The Hall–Kier alpha value is -3.61. The van der Waals surface area contributed by atoms with Crippen LogP contribution in [0.5, 0.6) is 0 Å². The molecule has 0 unspecified atom stereocenters. The summed E-state index contributed by atoms with van der Waals surface area (Å²) in [6.45, 7) is 1.21. The molecule has 178 valence electrons. The van der Waals surface area contributed by atoms with Crippen molar-refractivity contribution in [2.45, 2.75) is 24.2 Å². The summed E-state index contributed by atoms with van der Waals surface area (Å²) in [7, 11) is 0. The van der Waals surface area contributed by atoms with Crippen LogP contribution >= 0.6 is 11.8 Å². The number of nitrogens with zero attached hydrogens (tertiary/aromatic N) is 4. The van der Waals surface area contributed by atoms with Gasteiger partial charge in [-0.1, -0.05) is 23.9 Å². The first-order valence-corrected chi connectivity index (χ1v) is 11.2.